The van der Waals surface area contributed by atoms with Crippen molar-refractivity contribution in [2.45, 2.75) is 45.4 Å². The van der Waals surface area contributed by atoms with Crippen LogP contribution in [0, 0.1) is 6.92 Å². The molecule has 5 nitrogen and oxygen atoms in total. The smallest absolute Gasteiger partial charge is 0.219 e. The van der Waals surface area contributed by atoms with E-state index in [1.54, 1.807) is 7.05 Å². The van der Waals surface area contributed by atoms with Gasteiger partial charge in [0.25, 0.3) is 0 Å². The molecule has 1 aliphatic carbocycles. The maximum Gasteiger partial charge on any atom is 0.219 e. The molecule has 0 bridgehead atoms. The topological polar surface area (TPSA) is 58.1 Å². The average molecular weight is 276 g/mol. The van der Waals surface area contributed by atoms with Crippen LogP contribution in [0.25, 0.3) is 0 Å². The molecule has 0 saturated carbocycles. The number of hydrogen-bond donors (Lipinski definition) is 1. The summed E-state index contributed by atoms with van der Waals surface area (Å²) in [6, 6.07) is 0. The lowest BCUT2D eigenvalue weighted by Gasteiger charge is -2.25. The van der Waals surface area contributed by atoms with Crippen LogP contribution in [0.3, 0.4) is 0 Å². The number of nitrogens with one attached hydrogen (secondary N) is 1. The van der Waals surface area contributed by atoms with Crippen LogP contribution in [0.1, 0.15) is 42.8 Å². The lowest BCUT2D eigenvalue weighted by molar-refractivity contribution is -0.120. The van der Waals surface area contributed by atoms with E-state index in [2.05, 4.69) is 27.2 Å². The van der Waals surface area contributed by atoms with E-state index in [4.69, 9.17) is 0 Å². The molecule has 1 aromatic heterocycles. The van der Waals surface area contributed by atoms with Gasteiger partial charge in [0.1, 0.15) is 11.6 Å². The summed E-state index contributed by atoms with van der Waals surface area (Å²) in [5, 5.41) is 2.65. The Morgan fingerprint density at radius 3 is 2.80 bits per heavy atom. The third kappa shape index (κ3) is 3.46. The summed E-state index contributed by atoms with van der Waals surface area (Å²) in [5.74, 6) is 2.00. The molecule has 0 radical (unpaired) electrons. The number of aryl methyl sites for hydroxylation is 2. The Hall–Kier alpha value is -1.65. The minimum absolute atomic E-state index is 0.0966. The summed E-state index contributed by atoms with van der Waals surface area (Å²) in [6.07, 6.45) is 5.99. The van der Waals surface area contributed by atoms with Gasteiger partial charge in [0.05, 0.1) is 0 Å². The number of anilines is 1. The van der Waals surface area contributed by atoms with E-state index in [1.165, 1.54) is 24.1 Å². The van der Waals surface area contributed by atoms with Crippen LogP contribution < -0.4 is 10.2 Å². The molecule has 1 aliphatic rings. The van der Waals surface area contributed by atoms with Crippen molar-refractivity contribution in [2.24, 2.45) is 0 Å². The molecule has 2 rings (SSSR count). The SMILES string of the molecule is CNC(=O)CCCN(C)c1nc(C)nc2c1CCCC2. The van der Waals surface area contributed by atoms with Gasteiger partial charge in [-0.1, -0.05) is 0 Å². The first-order valence-electron chi connectivity index (χ1n) is 7.40. The van der Waals surface area contributed by atoms with Gasteiger partial charge in [0.15, 0.2) is 0 Å². The standard InChI is InChI=1S/C15H24N4O/c1-11-17-13-8-5-4-7-12(13)15(18-11)19(3)10-6-9-14(20)16-2/h4-10H2,1-3H3,(H,16,20). The molecule has 0 saturated heterocycles. The summed E-state index contributed by atoms with van der Waals surface area (Å²) < 4.78 is 0. The maximum absolute atomic E-state index is 11.3. The van der Waals surface area contributed by atoms with Crippen LogP contribution in [-0.4, -0.2) is 36.5 Å². The third-order valence-corrected chi connectivity index (χ3v) is 3.81. The molecule has 0 fully saturated rings. The quantitative estimate of drug-likeness (QED) is 0.888. The second-order valence-electron chi connectivity index (χ2n) is 5.43. The zero-order chi connectivity index (χ0) is 14.5. The fourth-order valence-electron chi connectivity index (χ4n) is 2.72. The van der Waals surface area contributed by atoms with Gasteiger partial charge in [-0.15, -0.1) is 0 Å². The van der Waals surface area contributed by atoms with E-state index in [0.29, 0.717) is 6.42 Å². The lowest BCUT2D eigenvalue weighted by Crippen LogP contribution is -2.26. The summed E-state index contributed by atoms with van der Waals surface area (Å²) in [4.78, 5) is 22.6. The van der Waals surface area contributed by atoms with E-state index in [-0.39, 0.29) is 5.91 Å². The van der Waals surface area contributed by atoms with Gasteiger partial charge in [-0.05, 0) is 39.0 Å². The second kappa shape index (κ2) is 6.68. The van der Waals surface area contributed by atoms with E-state index >= 15 is 0 Å². The molecule has 0 aromatic carbocycles. The first-order valence-corrected chi connectivity index (χ1v) is 7.40. The predicted molar refractivity (Wildman–Crippen MR) is 80.0 cm³/mol. The molecular weight excluding hydrogens is 252 g/mol. The van der Waals surface area contributed by atoms with Crippen molar-refractivity contribution in [1.29, 1.82) is 0 Å². The van der Waals surface area contributed by atoms with E-state index < -0.39 is 0 Å². The number of aromatic nitrogens is 2. The van der Waals surface area contributed by atoms with Crippen molar-refractivity contribution in [1.82, 2.24) is 15.3 Å². The highest BCUT2D eigenvalue weighted by atomic mass is 16.1. The monoisotopic (exact) mass is 276 g/mol. The molecule has 5 heteroatoms. The number of nitrogens with zero attached hydrogens (tertiary/aromatic N) is 3. The first kappa shape index (κ1) is 14.8. The number of fused-ring (bicyclic) bond motifs is 1. The molecule has 0 atom stereocenters. The minimum atomic E-state index is 0.0966. The first-order chi connectivity index (χ1) is 9.61. The Kier molecular flexibility index (Phi) is 4.93. The van der Waals surface area contributed by atoms with Gasteiger partial charge in [-0.3, -0.25) is 4.79 Å². The average Bonchev–Trinajstić information content (AvgIpc) is 2.45. The molecule has 0 unspecified atom stereocenters. The second-order valence-corrected chi connectivity index (χ2v) is 5.43. The number of hydrogen-bond acceptors (Lipinski definition) is 4. The highest BCUT2D eigenvalue weighted by Crippen LogP contribution is 2.27. The van der Waals surface area contributed by atoms with Crippen molar-refractivity contribution < 1.29 is 4.79 Å². The lowest BCUT2D eigenvalue weighted by atomic mass is 9.96. The summed E-state index contributed by atoms with van der Waals surface area (Å²) in [5.41, 5.74) is 2.53. The molecule has 0 aliphatic heterocycles. The van der Waals surface area contributed by atoms with Crippen molar-refractivity contribution >= 4 is 11.7 Å². The summed E-state index contributed by atoms with van der Waals surface area (Å²) in [6.45, 7) is 2.80. The Labute approximate surface area is 120 Å². The molecule has 1 aromatic rings. The van der Waals surface area contributed by atoms with Gasteiger partial charge in [0.2, 0.25) is 5.91 Å². The number of rotatable bonds is 5. The Morgan fingerprint density at radius 2 is 2.05 bits per heavy atom. The number of amides is 1. The van der Waals surface area contributed by atoms with E-state index in [1.807, 2.05) is 6.92 Å². The highest BCUT2D eigenvalue weighted by molar-refractivity contribution is 5.75. The van der Waals surface area contributed by atoms with Crippen molar-refractivity contribution in [3.8, 4) is 0 Å². The summed E-state index contributed by atoms with van der Waals surface area (Å²) >= 11 is 0. The van der Waals surface area contributed by atoms with Crippen LogP contribution >= 0.6 is 0 Å². The molecule has 0 spiro atoms. The van der Waals surface area contributed by atoms with Crippen LogP contribution in [-0.2, 0) is 17.6 Å². The van der Waals surface area contributed by atoms with Crippen molar-refractivity contribution in [3.63, 3.8) is 0 Å². The van der Waals surface area contributed by atoms with E-state index in [0.717, 1.165) is 37.4 Å². The van der Waals surface area contributed by atoms with Gasteiger partial charge in [-0.25, -0.2) is 9.97 Å². The fraction of sp³-hybridized carbons (Fsp3) is 0.667. The molecular formula is C15H24N4O. The molecule has 1 amide bonds. The summed E-state index contributed by atoms with van der Waals surface area (Å²) in [7, 11) is 3.73. The highest BCUT2D eigenvalue weighted by Gasteiger charge is 2.19. The minimum Gasteiger partial charge on any atom is -0.359 e. The Balaban J connectivity index is 2.07. The van der Waals surface area contributed by atoms with E-state index in [9.17, 15) is 4.79 Å². The van der Waals surface area contributed by atoms with Gasteiger partial charge < -0.3 is 10.2 Å². The Morgan fingerprint density at radius 1 is 1.30 bits per heavy atom. The zero-order valence-electron chi connectivity index (χ0n) is 12.7. The van der Waals surface area contributed by atoms with Crippen molar-refractivity contribution in [2.75, 3.05) is 25.5 Å². The Bertz CT molecular complexity index is 487. The molecule has 110 valence electrons. The van der Waals surface area contributed by atoms with Crippen molar-refractivity contribution in [3.05, 3.63) is 17.1 Å². The fourth-order valence-corrected chi connectivity index (χ4v) is 2.72. The van der Waals surface area contributed by atoms with Crippen LogP contribution in [0.4, 0.5) is 5.82 Å². The molecule has 1 heterocycles. The van der Waals surface area contributed by atoms with Gasteiger partial charge in [0, 0.05) is 38.3 Å². The maximum atomic E-state index is 11.3. The predicted octanol–water partition coefficient (Wildman–Crippen LogP) is 1.63. The van der Waals surface area contributed by atoms with Gasteiger partial charge in [-0.2, -0.15) is 0 Å². The number of carbonyl (C=O) groups is 1. The normalized spacial score (nSPS) is 13.8. The van der Waals surface area contributed by atoms with Gasteiger partial charge >= 0.3 is 0 Å². The zero-order valence-corrected chi connectivity index (χ0v) is 12.7. The van der Waals surface area contributed by atoms with Crippen LogP contribution in [0.2, 0.25) is 0 Å². The largest absolute Gasteiger partial charge is 0.359 e. The van der Waals surface area contributed by atoms with Crippen LogP contribution in [0.5, 0.6) is 0 Å². The third-order valence-electron chi connectivity index (χ3n) is 3.81. The van der Waals surface area contributed by atoms with Crippen LogP contribution in [0.15, 0.2) is 0 Å². The molecule has 20 heavy (non-hydrogen) atoms. The molecule has 1 N–H and O–H groups in total. The number of carbonyl (C=O) groups excluding carboxylic acids is 1.